The molecule has 0 saturated heterocycles. The Bertz CT molecular complexity index is 268. The van der Waals surface area contributed by atoms with Gasteiger partial charge in [-0.3, -0.25) is 4.79 Å². The molecule has 0 aromatic rings. The van der Waals surface area contributed by atoms with Crippen molar-refractivity contribution in [2.45, 2.75) is 13.8 Å². The van der Waals surface area contributed by atoms with Gasteiger partial charge in [-0.1, -0.05) is 19.8 Å². The number of terminal acetylenes is 1. The Labute approximate surface area is 89.4 Å². The third-order valence-corrected chi connectivity index (χ3v) is 1.54. The summed E-state index contributed by atoms with van der Waals surface area (Å²) in [5.74, 6) is 1.43. The third kappa shape index (κ3) is 6.38. The van der Waals surface area contributed by atoms with Gasteiger partial charge in [0.15, 0.2) is 0 Å². The van der Waals surface area contributed by atoms with E-state index in [0.717, 1.165) is 0 Å². The van der Waals surface area contributed by atoms with E-state index in [2.05, 4.69) is 11.2 Å². The van der Waals surface area contributed by atoms with Gasteiger partial charge in [0.2, 0.25) is 0 Å². The van der Waals surface area contributed by atoms with Gasteiger partial charge < -0.3 is 15.3 Å². The Hall–Kier alpha value is -1.70. The standard InChI is InChI=1S/C10H16N2O3/c1-4-5-11-10(15)12(6-8(2)3)7-9(13)14/h1,8H,5-7H2,2-3H3,(H,11,15)(H,13,14). The summed E-state index contributed by atoms with van der Waals surface area (Å²) in [6, 6.07) is -0.441. The van der Waals surface area contributed by atoms with Crippen LogP contribution in [-0.2, 0) is 4.79 Å². The van der Waals surface area contributed by atoms with Gasteiger partial charge in [-0.25, -0.2) is 4.79 Å². The highest BCUT2D eigenvalue weighted by molar-refractivity contribution is 5.80. The number of aliphatic carboxylic acids is 1. The molecule has 15 heavy (non-hydrogen) atoms. The summed E-state index contributed by atoms with van der Waals surface area (Å²) >= 11 is 0. The van der Waals surface area contributed by atoms with E-state index in [-0.39, 0.29) is 19.0 Å². The molecule has 0 spiro atoms. The number of urea groups is 1. The third-order valence-electron chi connectivity index (χ3n) is 1.54. The van der Waals surface area contributed by atoms with Crippen LogP contribution in [0.25, 0.3) is 0 Å². The topological polar surface area (TPSA) is 69.6 Å². The molecule has 0 aliphatic carbocycles. The van der Waals surface area contributed by atoms with E-state index in [1.807, 2.05) is 13.8 Å². The molecule has 0 aliphatic rings. The molecule has 2 amide bonds. The van der Waals surface area contributed by atoms with E-state index in [1.54, 1.807) is 0 Å². The van der Waals surface area contributed by atoms with E-state index in [1.165, 1.54) is 4.90 Å². The lowest BCUT2D eigenvalue weighted by atomic mass is 10.2. The first-order chi connectivity index (χ1) is 6.97. The number of rotatable bonds is 5. The number of nitrogens with zero attached hydrogens (tertiary/aromatic N) is 1. The Balaban J connectivity index is 4.28. The van der Waals surface area contributed by atoms with Crippen LogP contribution in [0.3, 0.4) is 0 Å². The van der Waals surface area contributed by atoms with Crippen molar-refractivity contribution in [3.8, 4) is 12.3 Å². The zero-order valence-electron chi connectivity index (χ0n) is 8.99. The van der Waals surface area contributed by atoms with Crippen molar-refractivity contribution < 1.29 is 14.7 Å². The molecule has 0 aromatic carbocycles. The zero-order chi connectivity index (χ0) is 11.8. The molecule has 0 aromatic heterocycles. The van der Waals surface area contributed by atoms with E-state index in [0.29, 0.717) is 6.54 Å². The fraction of sp³-hybridized carbons (Fsp3) is 0.600. The lowest BCUT2D eigenvalue weighted by molar-refractivity contribution is -0.137. The van der Waals surface area contributed by atoms with Crippen LogP contribution in [-0.4, -0.2) is 41.6 Å². The van der Waals surface area contributed by atoms with Crippen LogP contribution < -0.4 is 5.32 Å². The maximum Gasteiger partial charge on any atom is 0.323 e. The Kier molecular flexibility index (Phi) is 5.95. The summed E-state index contributed by atoms with van der Waals surface area (Å²) in [4.78, 5) is 23.2. The Morgan fingerprint density at radius 2 is 2.13 bits per heavy atom. The fourth-order valence-corrected chi connectivity index (χ4v) is 1.06. The first-order valence-electron chi connectivity index (χ1n) is 4.65. The molecular weight excluding hydrogens is 196 g/mol. The number of amides is 2. The minimum atomic E-state index is -1.04. The highest BCUT2D eigenvalue weighted by Gasteiger charge is 2.16. The first-order valence-corrected chi connectivity index (χ1v) is 4.65. The molecular formula is C10H16N2O3. The molecule has 0 radical (unpaired) electrons. The van der Waals surface area contributed by atoms with Crippen LogP contribution >= 0.6 is 0 Å². The lowest BCUT2D eigenvalue weighted by Gasteiger charge is -2.22. The van der Waals surface area contributed by atoms with Crippen molar-refractivity contribution in [1.29, 1.82) is 0 Å². The average Bonchev–Trinajstić information content (AvgIpc) is 2.11. The van der Waals surface area contributed by atoms with Gasteiger partial charge >= 0.3 is 12.0 Å². The van der Waals surface area contributed by atoms with Crippen LogP contribution in [0.4, 0.5) is 4.79 Å². The van der Waals surface area contributed by atoms with Gasteiger partial charge in [-0.15, -0.1) is 6.42 Å². The van der Waals surface area contributed by atoms with E-state index < -0.39 is 12.0 Å². The summed E-state index contributed by atoms with van der Waals surface area (Å²) < 4.78 is 0. The van der Waals surface area contributed by atoms with Crippen molar-refractivity contribution in [2.75, 3.05) is 19.6 Å². The van der Waals surface area contributed by atoms with Crippen molar-refractivity contribution in [3.05, 3.63) is 0 Å². The second-order valence-electron chi connectivity index (χ2n) is 3.53. The van der Waals surface area contributed by atoms with Crippen LogP contribution in [0.2, 0.25) is 0 Å². The maximum atomic E-state index is 11.4. The number of carbonyl (C=O) groups excluding carboxylic acids is 1. The summed E-state index contributed by atoms with van der Waals surface area (Å²) in [5.41, 5.74) is 0. The SMILES string of the molecule is C#CCNC(=O)N(CC(=O)O)CC(C)C. The largest absolute Gasteiger partial charge is 0.480 e. The predicted octanol–water partition coefficient (Wildman–Crippen LogP) is 0.372. The first kappa shape index (κ1) is 13.3. The molecule has 84 valence electrons. The Morgan fingerprint density at radius 3 is 2.53 bits per heavy atom. The number of nitrogens with one attached hydrogen (secondary N) is 1. The second-order valence-corrected chi connectivity index (χ2v) is 3.53. The zero-order valence-corrected chi connectivity index (χ0v) is 8.99. The molecule has 5 heteroatoms. The van der Waals surface area contributed by atoms with Crippen molar-refractivity contribution in [1.82, 2.24) is 10.2 Å². The lowest BCUT2D eigenvalue weighted by Crippen LogP contribution is -2.44. The molecule has 0 fully saturated rings. The molecule has 0 atom stereocenters. The fourth-order valence-electron chi connectivity index (χ4n) is 1.06. The Morgan fingerprint density at radius 1 is 1.53 bits per heavy atom. The van der Waals surface area contributed by atoms with Crippen LogP contribution in [0.1, 0.15) is 13.8 Å². The number of hydrogen-bond donors (Lipinski definition) is 2. The van der Waals surface area contributed by atoms with Crippen LogP contribution in [0, 0.1) is 18.3 Å². The maximum absolute atomic E-state index is 11.4. The summed E-state index contributed by atoms with van der Waals surface area (Å²) in [7, 11) is 0. The summed E-state index contributed by atoms with van der Waals surface area (Å²) in [6.07, 6.45) is 4.98. The number of carbonyl (C=O) groups is 2. The monoisotopic (exact) mass is 212 g/mol. The van der Waals surface area contributed by atoms with Gasteiger partial charge in [0.1, 0.15) is 6.54 Å². The van der Waals surface area contributed by atoms with Crippen molar-refractivity contribution in [3.63, 3.8) is 0 Å². The predicted molar refractivity (Wildman–Crippen MR) is 56.3 cm³/mol. The van der Waals surface area contributed by atoms with Gasteiger partial charge in [0.25, 0.3) is 0 Å². The normalized spacial score (nSPS) is 9.47. The molecule has 0 bridgehead atoms. The molecule has 5 nitrogen and oxygen atoms in total. The second kappa shape index (κ2) is 6.71. The molecule has 0 unspecified atom stereocenters. The summed E-state index contributed by atoms with van der Waals surface area (Å²) in [6.45, 7) is 4.00. The molecule has 0 heterocycles. The quantitative estimate of drug-likeness (QED) is 0.647. The highest BCUT2D eigenvalue weighted by Crippen LogP contribution is 1.98. The van der Waals surface area contributed by atoms with Crippen molar-refractivity contribution in [2.24, 2.45) is 5.92 Å². The van der Waals surface area contributed by atoms with Gasteiger partial charge in [0, 0.05) is 6.54 Å². The molecule has 2 N–H and O–H groups in total. The van der Waals surface area contributed by atoms with Gasteiger partial charge in [0.05, 0.1) is 6.54 Å². The van der Waals surface area contributed by atoms with Gasteiger partial charge in [-0.05, 0) is 5.92 Å². The minimum Gasteiger partial charge on any atom is -0.480 e. The van der Waals surface area contributed by atoms with Crippen LogP contribution in [0.5, 0.6) is 0 Å². The van der Waals surface area contributed by atoms with Crippen molar-refractivity contribution >= 4 is 12.0 Å². The van der Waals surface area contributed by atoms with Gasteiger partial charge in [-0.2, -0.15) is 0 Å². The average molecular weight is 212 g/mol. The van der Waals surface area contributed by atoms with E-state index in [4.69, 9.17) is 11.5 Å². The summed E-state index contributed by atoms with van der Waals surface area (Å²) in [5, 5.41) is 11.0. The molecule has 0 aliphatic heterocycles. The van der Waals surface area contributed by atoms with E-state index in [9.17, 15) is 9.59 Å². The highest BCUT2D eigenvalue weighted by atomic mass is 16.4. The van der Waals surface area contributed by atoms with E-state index >= 15 is 0 Å². The number of hydrogen-bond acceptors (Lipinski definition) is 2. The smallest absolute Gasteiger partial charge is 0.323 e. The number of carboxylic acids is 1. The molecule has 0 rings (SSSR count). The van der Waals surface area contributed by atoms with Crippen LogP contribution in [0.15, 0.2) is 0 Å². The number of carboxylic acid groups (broad SMARTS) is 1. The minimum absolute atomic E-state index is 0.104. The molecule has 0 saturated carbocycles.